The molecule has 1 aliphatic heterocycles. The first-order valence-corrected chi connectivity index (χ1v) is 6.89. The van der Waals surface area contributed by atoms with Gasteiger partial charge in [-0.3, -0.25) is 9.80 Å². The maximum atomic E-state index is 13.6. The zero-order valence-corrected chi connectivity index (χ0v) is 12.6. The molecule has 0 atom stereocenters. The van der Waals surface area contributed by atoms with E-state index in [0.29, 0.717) is 12.5 Å². The largest absolute Gasteiger partial charge is 0.318 e. The van der Waals surface area contributed by atoms with Gasteiger partial charge in [0.25, 0.3) is 5.91 Å². The van der Waals surface area contributed by atoms with Gasteiger partial charge >= 0.3 is 0 Å². The Labute approximate surface area is 131 Å². The molecule has 6 nitrogen and oxygen atoms in total. The molecule has 23 heavy (non-hydrogen) atoms. The number of rotatable bonds is 3. The van der Waals surface area contributed by atoms with Crippen LogP contribution in [0.2, 0.25) is 0 Å². The Morgan fingerprint density at radius 2 is 2.13 bits per heavy atom. The minimum Gasteiger partial charge on any atom is -0.318 e. The lowest BCUT2D eigenvalue weighted by Gasteiger charge is -2.30. The molecule has 0 saturated heterocycles. The molecular formula is C15H15F2N5O. The summed E-state index contributed by atoms with van der Waals surface area (Å²) in [6.07, 6.45) is 5.18. The third kappa shape index (κ3) is 3.07. The number of carbonyl (C=O) groups excluding carboxylic acids is 1. The number of nitrogens with zero attached hydrogens (tertiary/aromatic N) is 4. The van der Waals surface area contributed by atoms with Gasteiger partial charge in [0, 0.05) is 32.6 Å². The highest BCUT2D eigenvalue weighted by molar-refractivity contribution is 6.03. The molecule has 0 saturated carbocycles. The van der Waals surface area contributed by atoms with Crippen molar-refractivity contribution in [1.29, 1.82) is 0 Å². The molecule has 0 unspecified atom stereocenters. The monoisotopic (exact) mass is 319 g/mol. The number of benzene rings is 1. The van der Waals surface area contributed by atoms with Crippen LogP contribution in [0.5, 0.6) is 0 Å². The van der Waals surface area contributed by atoms with Crippen molar-refractivity contribution in [3.63, 3.8) is 0 Å². The van der Waals surface area contributed by atoms with E-state index in [0.717, 1.165) is 18.2 Å². The average Bonchev–Trinajstić information content (AvgIpc) is 2.94. The van der Waals surface area contributed by atoms with Crippen LogP contribution in [0.15, 0.2) is 30.6 Å². The van der Waals surface area contributed by atoms with Gasteiger partial charge in [-0.15, -0.1) is 0 Å². The Morgan fingerprint density at radius 3 is 2.87 bits per heavy atom. The fourth-order valence-corrected chi connectivity index (χ4v) is 2.18. The van der Waals surface area contributed by atoms with E-state index in [1.54, 1.807) is 16.8 Å². The third-order valence-corrected chi connectivity index (χ3v) is 3.42. The van der Waals surface area contributed by atoms with E-state index in [4.69, 9.17) is 0 Å². The number of halogens is 2. The SMILES string of the molecule is CN(C)N1C=Cc2nc(C(=O)Nc3cc(F)ccc3F)cn2C1. The number of amides is 1. The first-order chi connectivity index (χ1) is 10.9. The van der Waals surface area contributed by atoms with Crippen LogP contribution in [0.4, 0.5) is 14.5 Å². The topological polar surface area (TPSA) is 53.4 Å². The maximum Gasteiger partial charge on any atom is 0.275 e. The Kier molecular flexibility index (Phi) is 3.83. The summed E-state index contributed by atoms with van der Waals surface area (Å²) in [5.41, 5.74) is -0.0830. The van der Waals surface area contributed by atoms with Gasteiger partial charge in [0.05, 0.1) is 5.69 Å². The van der Waals surface area contributed by atoms with Gasteiger partial charge in [-0.1, -0.05) is 0 Å². The van der Waals surface area contributed by atoms with Gasteiger partial charge in [0.1, 0.15) is 29.8 Å². The molecule has 2 aromatic rings. The van der Waals surface area contributed by atoms with Crippen molar-refractivity contribution >= 4 is 17.7 Å². The summed E-state index contributed by atoms with van der Waals surface area (Å²) in [7, 11) is 3.79. The number of imidazole rings is 1. The van der Waals surface area contributed by atoms with E-state index in [2.05, 4.69) is 10.3 Å². The summed E-state index contributed by atoms with van der Waals surface area (Å²) in [6, 6.07) is 2.87. The van der Waals surface area contributed by atoms with Crippen LogP contribution in [0.25, 0.3) is 6.08 Å². The van der Waals surface area contributed by atoms with Crippen molar-refractivity contribution in [3.05, 3.63) is 53.7 Å². The molecule has 1 aliphatic rings. The van der Waals surface area contributed by atoms with Gasteiger partial charge in [-0.05, 0) is 18.2 Å². The normalized spacial score (nSPS) is 13.3. The average molecular weight is 319 g/mol. The fourth-order valence-electron chi connectivity index (χ4n) is 2.18. The van der Waals surface area contributed by atoms with E-state index in [9.17, 15) is 13.6 Å². The number of aromatic nitrogens is 2. The molecule has 0 fully saturated rings. The molecule has 1 aromatic heterocycles. The molecule has 1 aromatic carbocycles. The first-order valence-electron chi connectivity index (χ1n) is 6.89. The van der Waals surface area contributed by atoms with Crippen molar-refractivity contribution in [2.75, 3.05) is 19.4 Å². The van der Waals surface area contributed by atoms with Crippen molar-refractivity contribution in [2.45, 2.75) is 6.67 Å². The number of nitrogens with one attached hydrogen (secondary N) is 1. The number of hydrogen-bond acceptors (Lipinski definition) is 4. The molecule has 1 N–H and O–H groups in total. The first kappa shape index (κ1) is 15.2. The van der Waals surface area contributed by atoms with E-state index in [1.807, 2.05) is 30.3 Å². The quantitative estimate of drug-likeness (QED) is 0.942. The second-order valence-corrected chi connectivity index (χ2v) is 5.28. The smallest absolute Gasteiger partial charge is 0.275 e. The number of hydrazine groups is 1. The van der Waals surface area contributed by atoms with E-state index >= 15 is 0 Å². The van der Waals surface area contributed by atoms with E-state index < -0.39 is 17.5 Å². The van der Waals surface area contributed by atoms with Crippen molar-refractivity contribution in [1.82, 2.24) is 19.6 Å². The molecule has 0 aliphatic carbocycles. The van der Waals surface area contributed by atoms with Crippen LogP contribution in [0.3, 0.4) is 0 Å². The van der Waals surface area contributed by atoms with E-state index in [1.165, 1.54) is 0 Å². The zero-order chi connectivity index (χ0) is 16.6. The number of carbonyl (C=O) groups is 1. The molecule has 1 amide bonds. The van der Waals surface area contributed by atoms with Gasteiger partial charge < -0.3 is 9.88 Å². The lowest BCUT2D eigenvalue weighted by Crippen LogP contribution is -2.35. The van der Waals surface area contributed by atoms with Crippen LogP contribution >= 0.6 is 0 Å². The predicted octanol–water partition coefficient (Wildman–Crippen LogP) is 2.13. The van der Waals surface area contributed by atoms with Gasteiger partial charge in [0.2, 0.25) is 0 Å². The predicted molar refractivity (Wildman–Crippen MR) is 81.1 cm³/mol. The molecule has 3 rings (SSSR count). The minimum absolute atomic E-state index is 0.133. The van der Waals surface area contributed by atoms with Crippen LogP contribution in [-0.4, -0.2) is 39.6 Å². The molecule has 0 bridgehead atoms. The Balaban J connectivity index is 1.80. The highest BCUT2D eigenvalue weighted by Crippen LogP contribution is 2.18. The Hall–Kier alpha value is -2.74. The summed E-state index contributed by atoms with van der Waals surface area (Å²) in [4.78, 5) is 16.4. The van der Waals surface area contributed by atoms with E-state index in [-0.39, 0.29) is 11.4 Å². The molecule has 120 valence electrons. The zero-order valence-electron chi connectivity index (χ0n) is 12.6. The van der Waals surface area contributed by atoms with Crippen molar-refractivity contribution in [3.8, 4) is 0 Å². The molecule has 0 spiro atoms. The van der Waals surface area contributed by atoms with Crippen LogP contribution < -0.4 is 5.32 Å². The fraction of sp³-hybridized carbons (Fsp3) is 0.200. The molecule has 8 heteroatoms. The van der Waals surface area contributed by atoms with Crippen LogP contribution in [0.1, 0.15) is 16.3 Å². The highest BCUT2D eigenvalue weighted by atomic mass is 19.1. The number of hydrogen-bond donors (Lipinski definition) is 1. The van der Waals surface area contributed by atoms with Crippen molar-refractivity contribution < 1.29 is 13.6 Å². The number of anilines is 1. The summed E-state index contributed by atoms with van der Waals surface area (Å²) < 4.78 is 28.5. The third-order valence-electron chi connectivity index (χ3n) is 3.42. The molecular weight excluding hydrogens is 304 g/mol. The summed E-state index contributed by atoms with van der Waals surface area (Å²) >= 11 is 0. The Bertz CT molecular complexity index is 784. The lowest BCUT2D eigenvalue weighted by atomic mass is 10.3. The van der Waals surface area contributed by atoms with Gasteiger partial charge in [-0.25, -0.2) is 18.8 Å². The molecule has 0 radical (unpaired) electrons. The van der Waals surface area contributed by atoms with Crippen molar-refractivity contribution in [2.24, 2.45) is 0 Å². The van der Waals surface area contributed by atoms with Crippen LogP contribution in [-0.2, 0) is 6.67 Å². The highest BCUT2D eigenvalue weighted by Gasteiger charge is 2.18. The van der Waals surface area contributed by atoms with Gasteiger partial charge in [0.15, 0.2) is 0 Å². The summed E-state index contributed by atoms with van der Waals surface area (Å²) in [6.45, 7) is 0.507. The minimum atomic E-state index is -0.706. The van der Waals surface area contributed by atoms with Gasteiger partial charge in [-0.2, -0.15) is 0 Å². The molecule has 2 heterocycles. The second-order valence-electron chi connectivity index (χ2n) is 5.28. The second kappa shape index (κ2) is 5.81. The number of fused-ring (bicyclic) bond motifs is 1. The standard InChI is InChI=1S/C15H15F2N5O/c1-20(2)22-6-5-14-18-13(8-21(14)9-22)15(23)19-12-7-10(16)3-4-11(12)17/h3-8H,9H2,1-2H3,(H,19,23). The summed E-state index contributed by atoms with van der Waals surface area (Å²) in [5.74, 6) is -1.31. The summed E-state index contributed by atoms with van der Waals surface area (Å²) in [5, 5.41) is 6.14. The lowest BCUT2D eigenvalue weighted by molar-refractivity contribution is 0.0466. The van der Waals surface area contributed by atoms with Crippen LogP contribution in [0, 0.1) is 11.6 Å². The Morgan fingerprint density at radius 1 is 1.35 bits per heavy atom. The maximum absolute atomic E-state index is 13.6.